The molecule has 0 radical (unpaired) electrons. The van der Waals surface area contributed by atoms with Crippen LogP contribution in [0.3, 0.4) is 0 Å². The van der Waals surface area contributed by atoms with E-state index in [2.05, 4.69) is 4.74 Å². The van der Waals surface area contributed by atoms with E-state index in [-0.39, 0.29) is 6.10 Å². The topological polar surface area (TPSA) is 35.5 Å². The zero-order valence-corrected chi connectivity index (χ0v) is 8.58. The van der Waals surface area contributed by atoms with Gasteiger partial charge < -0.3 is 9.47 Å². The van der Waals surface area contributed by atoms with E-state index < -0.39 is 6.16 Å². The molecule has 3 nitrogen and oxygen atoms in total. The van der Waals surface area contributed by atoms with Crippen LogP contribution in [-0.2, 0) is 9.47 Å². The molecule has 0 saturated carbocycles. The largest absolute Gasteiger partial charge is 0.508 e. The first-order valence-electron chi connectivity index (χ1n) is 4.74. The first-order chi connectivity index (χ1) is 6.24. The van der Waals surface area contributed by atoms with Crippen LogP contribution in [0.2, 0.25) is 0 Å². The van der Waals surface area contributed by atoms with Gasteiger partial charge in [0.2, 0.25) is 0 Å². The minimum absolute atomic E-state index is 0.154. The maximum absolute atomic E-state index is 10.9. The molecule has 76 valence electrons. The molecule has 13 heavy (non-hydrogen) atoms. The molecule has 0 fully saturated rings. The summed E-state index contributed by atoms with van der Waals surface area (Å²) in [6.45, 7) is 6.11. The van der Waals surface area contributed by atoms with Crippen molar-refractivity contribution in [3.63, 3.8) is 0 Å². The minimum Gasteiger partial charge on any atom is -0.435 e. The Morgan fingerprint density at radius 1 is 1.38 bits per heavy atom. The summed E-state index contributed by atoms with van der Waals surface area (Å²) >= 11 is 0. The van der Waals surface area contributed by atoms with Gasteiger partial charge in [0.05, 0.1) is 6.61 Å². The predicted octanol–water partition coefficient (Wildman–Crippen LogP) is 2.90. The van der Waals surface area contributed by atoms with E-state index in [1.807, 2.05) is 26.0 Å². The number of rotatable bonds is 5. The Balaban J connectivity index is 3.82. The third-order valence-corrected chi connectivity index (χ3v) is 1.50. The van der Waals surface area contributed by atoms with Crippen molar-refractivity contribution in [2.75, 3.05) is 6.61 Å². The zero-order valence-electron chi connectivity index (χ0n) is 8.58. The summed E-state index contributed by atoms with van der Waals surface area (Å²) in [5.41, 5.74) is 0. The quantitative estimate of drug-likeness (QED) is 0.489. The molecule has 0 aromatic heterocycles. The molecule has 0 aliphatic heterocycles. The molecule has 0 unspecified atom stereocenters. The molecule has 0 aliphatic rings. The van der Waals surface area contributed by atoms with Crippen LogP contribution < -0.4 is 0 Å². The van der Waals surface area contributed by atoms with Crippen LogP contribution in [0.1, 0.15) is 33.6 Å². The van der Waals surface area contributed by atoms with Gasteiger partial charge >= 0.3 is 6.16 Å². The SMILES string of the molecule is CC/C=C/[C@@H](CC)OC(=O)OCC. The van der Waals surface area contributed by atoms with Crippen LogP contribution >= 0.6 is 0 Å². The molecule has 1 atom stereocenters. The van der Waals surface area contributed by atoms with Crippen molar-refractivity contribution < 1.29 is 14.3 Å². The van der Waals surface area contributed by atoms with E-state index in [1.165, 1.54) is 0 Å². The molecule has 3 heteroatoms. The van der Waals surface area contributed by atoms with E-state index >= 15 is 0 Å². The highest BCUT2D eigenvalue weighted by Gasteiger charge is 2.08. The molecule has 0 amide bonds. The maximum atomic E-state index is 10.9. The summed E-state index contributed by atoms with van der Waals surface area (Å²) in [4.78, 5) is 10.9. The molecule has 0 bridgehead atoms. The van der Waals surface area contributed by atoms with E-state index in [1.54, 1.807) is 6.92 Å². The standard InChI is InChI=1S/C10H18O3/c1-4-7-8-9(5-2)13-10(11)12-6-3/h7-9H,4-6H2,1-3H3/b8-7+/t9-/m1/s1. The van der Waals surface area contributed by atoms with Gasteiger partial charge in [-0.3, -0.25) is 0 Å². The van der Waals surface area contributed by atoms with Gasteiger partial charge in [0.1, 0.15) is 6.10 Å². The van der Waals surface area contributed by atoms with Crippen molar-refractivity contribution in [1.82, 2.24) is 0 Å². The number of hydrogen-bond acceptors (Lipinski definition) is 3. The van der Waals surface area contributed by atoms with Gasteiger partial charge in [0.15, 0.2) is 0 Å². The monoisotopic (exact) mass is 186 g/mol. The second-order valence-electron chi connectivity index (χ2n) is 2.58. The summed E-state index contributed by atoms with van der Waals surface area (Å²) < 4.78 is 9.65. The molecule has 0 rings (SSSR count). The second-order valence-corrected chi connectivity index (χ2v) is 2.58. The lowest BCUT2D eigenvalue weighted by Gasteiger charge is -2.11. The summed E-state index contributed by atoms with van der Waals surface area (Å²) in [5, 5.41) is 0. The molecule has 0 spiro atoms. The van der Waals surface area contributed by atoms with E-state index in [9.17, 15) is 4.79 Å². The average Bonchev–Trinajstić information content (AvgIpc) is 2.12. The van der Waals surface area contributed by atoms with Gasteiger partial charge in [0.25, 0.3) is 0 Å². The molecule has 0 N–H and O–H groups in total. The van der Waals surface area contributed by atoms with Crippen molar-refractivity contribution in [2.45, 2.75) is 39.7 Å². The molecular formula is C10H18O3. The molecule has 0 saturated heterocycles. The highest BCUT2D eigenvalue weighted by atomic mass is 16.7. The molecule has 0 aromatic rings. The third kappa shape index (κ3) is 6.20. The fourth-order valence-corrected chi connectivity index (χ4v) is 0.822. The van der Waals surface area contributed by atoms with Gasteiger partial charge in [-0.1, -0.05) is 19.9 Å². The number of carbonyl (C=O) groups is 1. The molecule has 0 heterocycles. The van der Waals surface area contributed by atoms with Crippen LogP contribution in [0.5, 0.6) is 0 Å². The number of hydrogen-bond donors (Lipinski definition) is 0. The Bertz CT molecular complexity index is 164. The molecule has 0 aliphatic carbocycles. The molecule has 0 aromatic carbocycles. The normalized spacial score (nSPS) is 12.8. The second kappa shape index (κ2) is 7.65. The lowest BCUT2D eigenvalue weighted by Crippen LogP contribution is -2.16. The smallest absolute Gasteiger partial charge is 0.435 e. The molecular weight excluding hydrogens is 168 g/mol. The highest BCUT2D eigenvalue weighted by molar-refractivity contribution is 5.60. The average molecular weight is 186 g/mol. The number of carbonyl (C=O) groups excluding carboxylic acids is 1. The van der Waals surface area contributed by atoms with E-state index in [4.69, 9.17) is 4.74 Å². The fourth-order valence-electron chi connectivity index (χ4n) is 0.822. The predicted molar refractivity (Wildman–Crippen MR) is 51.6 cm³/mol. The lowest BCUT2D eigenvalue weighted by atomic mass is 10.2. The Kier molecular flexibility index (Phi) is 7.07. The maximum Gasteiger partial charge on any atom is 0.508 e. The number of ether oxygens (including phenoxy) is 2. The van der Waals surface area contributed by atoms with Crippen LogP contribution in [0, 0.1) is 0 Å². The Morgan fingerprint density at radius 3 is 2.54 bits per heavy atom. The Morgan fingerprint density at radius 2 is 2.08 bits per heavy atom. The van der Waals surface area contributed by atoms with Crippen molar-refractivity contribution in [3.8, 4) is 0 Å². The minimum atomic E-state index is -0.588. The first kappa shape index (κ1) is 12.0. The Labute approximate surface area is 79.7 Å². The lowest BCUT2D eigenvalue weighted by molar-refractivity contribution is 0.0395. The summed E-state index contributed by atoms with van der Waals surface area (Å²) in [5.74, 6) is 0. The fraction of sp³-hybridized carbons (Fsp3) is 0.700. The summed E-state index contributed by atoms with van der Waals surface area (Å²) in [7, 11) is 0. The Hall–Kier alpha value is -0.990. The number of allylic oxidation sites excluding steroid dienone is 1. The van der Waals surface area contributed by atoms with Gasteiger partial charge in [-0.05, 0) is 25.8 Å². The summed E-state index contributed by atoms with van der Waals surface area (Å²) in [6.07, 6.45) is 4.84. The van der Waals surface area contributed by atoms with Crippen molar-refractivity contribution in [3.05, 3.63) is 12.2 Å². The zero-order chi connectivity index (χ0) is 10.1. The van der Waals surface area contributed by atoms with Crippen molar-refractivity contribution in [1.29, 1.82) is 0 Å². The van der Waals surface area contributed by atoms with Gasteiger partial charge in [-0.15, -0.1) is 0 Å². The van der Waals surface area contributed by atoms with Crippen LogP contribution in [0.4, 0.5) is 4.79 Å². The van der Waals surface area contributed by atoms with E-state index in [0.717, 1.165) is 12.8 Å². The van der Waals surface area contributed by atoms with Crippen LogP contribution in [0.25, 0.3) is 0 Å². The van der Waals surface area contributed by atoms with Crippen molar-refractivity contribution in [2.24, 2.45) is 0 Å². The highest BCUT2D eigenvalue weighted by Crippen LogP contribution is 2.02. The summed E-state index contributed by atoms with van der Waals surface area (Å²) in [6, 6.07) is 0. The third-order valence-electron chi connectivity index (χ3n) is 1.50. The van der Waals surface area contributed by atoms with Gasteiger partial charge in [-0.2, -0.15) is 0 Å². The first-order valence-corrected chi connectivity index (χ1v) is 4.74. The van der Waals surface area contributed by atoms with E-state index in [0.29, 0.717) is 6.61 Å². The van der Waals surface area contributed by atoms with Crippen LogP contribution in [0.15, 0.2) is 12.2 Å². The van der Waals surface area contributed by atoms with Gasteiger partial charge in [-0.25, -0.2) is 4.79 Å². The van der Waals surface area contributed by atoms with Crippen LogP contribution in [-0.4, -0.2) is 18.9 Å². The van der Waals surface area contributed by atoms with Gasteiger partial charge in [0, 0.05) is 0 Å². The van der Waals surface area contributed by atoms with Crippen molar-refractivity contribution >= 4 is 6.16 Å².